The molecule has 0 saturated carbocycles. The second kappa shape index (κ2) is 9.67. The maximum Gasteiger partial charge on any atom is 0.336 e. The van der Waals surface area contributed by atoms with Crippen molar-refractivity contribution in [2.24, 2.45) is 5.92 Å². The van der Waals surface area contributed by atoms with Gasteiger partial charge in [-0.1, -0.05) is 42.5 Å². The van der Waals surface area contributed by atoms with Crippen LogP contribution in [0.1, 0.15) is 22.8 Å². The summed E-state index contributed by atoms with van der Waals surface area (Å²) in [6.45, 7) is 6.18. The van der Waals surface area contributed by atoms with Crippen molar-refractivity contribution in [3.63, 3.8) is 0 Å². The van der Waals surface area contributed by atoms with E-state index in [2.05, 4.69) is 4.90 Å². The molecule has 0 bridgehead atoms. The molecule has 0 aliphatic carbocycles. The molecule has 29 heavy (non-hydrogen) atoms. The summed E-state index contributed by atoms with van der Waals surface area (Å²) in [7, 11) is 1.70. The Labute approximate surface area is 171 Å². The summed E-state index contributed by atoms with van der Waals surface area (Å²) < 4.78 is 5.35. The molecular weight excluding hydrogens is 368 g/mol. The summed E-state index contributed by atoms with van der Waals surface area (Å²) in [5.41, 5.74) is 3.08. The lowest BCUT2D eigenvalue weighted by Crippen LogP contribution is -2.35. The van der Waals surface area contributed by atoms with Crippen molar-refractivity contribution in [3.05, 3.63) is 59.7 Å². The van der Waals surface area contributed by atoms with Crippen molar-refractivity contribution in [2.75, 3.05) is 39.9 Å². The van der Waals surface area contributed by atoms with E-state index in [1.807, 2.05) is 41.3 Å². The van der Waals surface area contributed by atoms with E-state index in [4.69, 9.17) is 4.74 Å². The highest BCUT2D eigenvalue weighted by Crippen LogP contribution is 2.24. The van der Waals surface area contributed by atoms with Crippen LogP contribution in [0.25, 0.3) is 11.1 Å². The number of carbonyl (C=O) groups is 2. The number of benzene rings is 2. The highest BCUT2D eigenvalue weighted by molar-refractivity contribution is 5.95. The Morgan fingerprint density at radius 3 is 2.45 bits per heavy atom. The monoisotopic (exact) mass is 396 g/mol. The standard InChI is InChI=1S/C23H28N2O4/c1-17(26)25-12-11-24(14-19(15-25)16-29-2)13-18-7-9-20(10-8-18)21-5-3-4-6-22(21)23(27)28/h3-10,19H,11-16H2,1-2H3,(H,27,28). The first-order chi connectivity index (χ1) is 14.0. The van der Waals surface area contributed by atoms with Crippen molar-refractivity contribution in [1.82, 2.24) is 9.80 Å². The molecular formula is C23H28N2O4. The minimum absolute atomic E-state index is 0.106. The number of nitrogens with zero attached hydrogens (tertiary/aromatic N) is 2. The maximum atomic E-state index is 11.8. The number of amides is 1. The van der Waals surface area contributed by atoms with Gasteiger partial charge in [0, 0.05) is 52.7 Å². The van der Waals surface area contributed by atoms with Crippen LogP contribution < -0.4 is 0 Å². The fourth-order valence-electron chi connectivity index (χ4n) is 3.92. The quantitative estimate of drug-likeness (QED) is 0.813. The molecule has 0 radical (unpaired) electrons. The van der Waals surface area contributed by atoms with Crippen molar-refractivity contribution in [2.45, 2.75) is 13.5 Å². The molecule has 1 aliphatic rings. The Hall–Kier alpha value is -2.70. The molecule has 1 amide bonds. The van der Waals surface area contributed by atoms with Gasteiger partial charge in [0.2, 0.25) is 5.91 Å². The molecule has 1 atom stereocenters. The first kappa shape index (κ1) is 21.0. The Kier molecular flexibility index (Phi) is 7.01. The smallest absolute Gasteiger partial charge is 0.336 e. The molecule has 3 rings (SSSR count). The Morgan fingerprint density at radius 1 is 1.07 bits per heavy atom. The van der Waals surface area contributed by atoms with Gasteiger partial charge in [0.15, 0.2) is 0 Å². The Morgan fingerprint density at radius 2 is 1.79 bits per heavy atom. The average Bonchev–Trinajstić information content (AvgIpc) is 2.91. The number of carboxylic acids is 1. The summed E-state index contributed by atoms with van der Waals surface area (Å²) in [4.78, 5) is 27.6. The average molecular weight is 396 g/mol. The molecule has 6 nitrogen and oxygen atoms in total. The first-order valence-corrected chi connectivity index (χ1v) is 9.86. The molecule has 0 aromatic heterocycles. The van der Waals surface area contributed by atoms with Gasteiger partial charge in [-0.15, -0.1) is 0 Å². The van der Waals surface area contributed by atoms with Crippen LogP contribution in [0.4, 0.5) is 0 Å². The zero-order valence-electron chi connectivity index (χ0n) is 17.0. The molecule has 1 unspecified atom stereocenters. The number of methoxy groups -OCH3 is 1. The summed E-state index contributed by atoms with van der Waals surface area (Å²) in [5.74, 6) is -0.532. The zero-order chi connectivity index (χ0) is 20.8. The summed E-state index contributed by atoms with van der Waals surface area (Å²) in [6, 6.07) is 15.1. The third kappa shape index (κ3) is 5.43. The van der Waals surface area contributed by atoms with E-state index in [0.717, 1.165) is 49.4 Å². The van der Waals surface area contributed by atoms with Crippen LogP contribution in [0.3, 0.4) is 0 Å². The summed E-state index contributed by atoms with van der Waals surface area (Å²) in [5, 5.41) is 9.41. The number of ether oxygens (including phenoxy) is 1. The van der Waals surface area contributed by atoms with Crippen molar-refractivity contribution in [1.29, 1.82) is 0 Å². The summed E-state index contributed by atoms with van der Waals surface area (Å²) in [6.07, 6.45) is 0. The van der Waals surface area contributed by atoms with Gasteiger partial charge in [-0.2, -0.15) is 0 Å². The van der Waals surface area contributed by atoms with E-state index in [1.165, 1.54) is 0 Å². The molecule has 6 heteroatoms. The van der Waals surface area contributed by atoms with Gasteiger partial charge >= 0.3 is 5.97 Å². The lowest BCUT2D eigenvalue weighted by atomic mass is 9.98. The highest BCUT2D eigenvalue weighted by Gasteiger charge is 2.24. The number of aromatic carboxylic acids is 1. The predicted octanol–water partition coefficient (Wildman–Crippen LogP) is 2.98. The number of rotatable bonds is 6. The van der Waals surface area contributed by atoms with Crippen LogP contribution in [0.15, 0.2) is 48.5 Å². The third-order valence-corrected chi connectivity index (χ3v) is 5.36. The zero-order valence-corrected chi connectivity index (χ0v) is 17.0. The SMILES string of the molecule is COCC1CN(Cc2ccc(-c3ccccc3C(=O)O)cc2)CCN(C(C)=O)C1. The van der Waals surface area contributed by atoms with Crippen LogP contribution in [0.5, 0.6) is 0 Å². The van der Waals surface area contributed by atoms with Crippen LogP contribution in [0.2, 0.25) is 0 Å². The Balaban J connectivity index is 1.72. The normalized spacial score (nSPS) is 17.7. The van der Waals surface area contributed by atoms with Crippen molar-refractivity contribution < 1.29 is 19.4 Å². The fourth-order valence-corrected chi connectivity index (χ4v) is 3.92. The number of carboxylic acid groups (broad SMARTS) is 1. The second-order valence-electron chi connectivity index (χ2n) is 7.57. The lowest BCUT2D eigenvalue weighted by molar-refractivity contribution is -0.129. The van der Waals surface area contributed by atoms with Crippen LogP contribution in [-0.4, -0.2) is 66.7 Å². The maximum absolute atomic E-state index is 11.8. The molecule has 0 spiro atoms. The summed E-state index contributed by atoms with van der Waals surface area (Å²) >= 11 is 0. The largest absolute Gasteiger partial charge is 0.478 e. The minimum Gasteiger partial charge on any atom is -0.478 e. The van der Waals surface area contributed by atoms with Gasteiger partial charge in [0.05, 0.1) is 12.2 Å². The van der Waals surface area contributed by atoms with Gasteiger partial charge < -0.3 is 14.7 Å². The topological polar surface area (TPSA) is 70.1 Å². The number of carbonyl (C=O) groups excluding carboxylic acids is 1. The van der Waals surface area contributed by atoms with Gasteiger partial charge in [-0.25, -0.2) is 4.79 Å². The van der Waals surface area contributed by atoms with E-state index in [-0.39, 0.29) is 11.8 Å². The third-order valence-electron chi connectivity index (χ3n) is 5.36. The van der Waals surface area contributed by atoms with Gasteiger partial charge in [-0.05, 0) is 22.8 Å². The lowest BCUT2D eigenvalue weighted by Gasteiger charge is -2.23. The highest BCUT2D eigenvalue weighted by atomic mass is 16.5. The molecule has 154 valence electrons. The molecule has 2 aromatic rings. The Bertz CT molecular complexity index is 850. The number of hydrogen-bond donors (Lipinski definition) is 1. The minimum atomic E-state index is -0.923. The van der Waals surface area contributed by atoms with E-state index in [1.54, 1.807) is 26.2 Å². The second-order valence-corrected chi connectivity index (χ2v) is 7.57. The van der Waals surface area contributed by atoms with Crippen molar-refractivity contribution >= 4 is 11.9 Å². The molecule has 1 saturated heterocycles. The van der Waals surface area contributed by atoms with Crippen molar-refractivity contribution in [3.8, 4) is 11.1 Å². The molecule has 1 fully saturated rings. The van der Waals surface area contributed by atoms with E-state index in [9.17, 15) is 14.7 Å². The fraction of sp³-hybridized carbons (Fsp3) is 0.391. The number of hydrogen-bond acceptors (Lipinski definition) is 4. The van der Waals surface area contributed by atoms with Gasteiger partial charge in [-0.3, -0.25) is 9.69 Å². The molecule has 1 N–H and O–H groups in total. The van der Waals surface area contributed by atoms with Crippen LogP contribution in [-0.2, 0) is 16.1 Å². The van der Waals surface area contributed by atoms with Gasteiger partial charge in [0.25, 0.3) is 0 Å². The van der Waals surface area contributed by atoms with Gasteiger partial charge in [0.1, 0.15) is 0 Å². The predicted molar refractivity (Wildman–Crippen MR) is 112 cm³/mol. The molecule has 1 aliphatic heterocycles. The molecule has 2 aromatic carbocycles. The van der Waals surface area contributed by atoms with Crippen LogP contribution >= 0.6 is 0 Å². The van der Waals surface area contributed by atoms with E-state index in [0.29, 0.717) is 12.2 Å². The van der Waals surface area contributed by atoms with E-state index >= 15 is 0 Å². The first-order valence-electron chi connectivity index (χ1n) is 9.86. The molecule has 1 heterocycles. The van der Waals surface area contributed by atoms with Crippen LogP contribution in [0, 0.1) is 5.92 Å². The van der Waals surface area contributed by atoms with E-state index < -0.39 is 5.97 Å².